The minimum atomic E-state index is -4.62. The van der Waals surface area contributed by atoms with E-state index in [4.69, 9.17) is 4.52 Å². The number of aromatic nitrogens is 1. The van der Waals surface area contributed by atoms with E-state index < -0.39 is 17.6 Å². The number of nitrogens with one attached hydrogen (secondary N) is 1. The lowest BCUT2D eigenvalue weighted by Crippen LogP contribution is -2.52. The first-order chi connectivity index (χ1) is 13.4. The largest absolute Gasteiger partial charge is 0.416 e. The molecule has 160 valence electrons. The van der Waals surface area contributed by atoms with Crippen molar-refractivity contribution in [1.82, 2.24) is 20.3 Å². The number of alkyl halides is 3. The molecule has 2 aromatic rings. The lowest BCUT2D eigenvalue weighted by molar-refractivity contribution is -0.138. The number of aliphatic imine (C=N–C) groups is 1. The van der Waals surface area contributed by atoms with Crippen molar-refractivity contribution < 1.29 is 22.1 Å². The summed E-state index contributed by atoms with van der Waals surface area (Å²) in [6.45, 7) is 3.46. The topological polar surface area (TPSA) is 56.9 Å². The van der Waals surface area contributed by atoms with Gasteiger partial charge in [-0.05, 0) is 17.7 Å². The molecule has 1 saturated heterocycles. The number of guanidine groups is 1. The summed E-state index contributed by atoms with van der Waals surface area (Å²) in [6, 6.07) is 4.50. The average Bonchev–Trinajstić information content (AvgIpc) is 3.16. The number of hydrogen-bond donors (Lipinski definition) is 1. The second-order valence-corrected chi connectivity index (χ2v) is 6.45. The van der Waals surface area contributed by atoms with Gasteiger partial charge in [0, 0.05) is 52.4 Å². The van der Waals surface area contributed by atoms with E-state index in [1.807, 2.05) is 11.0 Å². The fourth-order valence-corrected chi connectivity index (χ4v) is 3.14. The SMILES string of the molecule is CN=C(NCc1ccc(F)cc1C(F)(F)F)N1CCN(Cc2ccon2)CC1.I. The van der Waals surface area contributed by atoms with Crippen LogP contribution < -0.4 is 5.32 Å². The molecule has 1 aliphatic rings. The second-order valence-electron chi connectivity index (χ2n) is 6.45. The van der Waals surface area contributed by atoms with Crippen LogP contribution in [0.1, 0.15) is 16.8 Å². The first-order valence-corrected chi connectivity index (χ1v) is 8.79. The van der Waals surface area contributed by atoms with Gasteiger partial charge in [0.25, 0.3) is 0 Å². The average molecular weight is 527 g/mol. The number of nitrogens with zero attached hydrogens (tertiary/aromatic N) is 4. The first kappa shape index (κ1) is 23.4. The Hall–Kier alpha value is -1.89. The van der Waals surface area contributed by atoms with Crippen LogP contribution in [-0.4, -0.2) is 54.1 Å². The van der Waals surface area contributed by atoms with E-state index >= 15 is 0 Å². The molecule has 0 radical (unpaired) electrons. The van der Waals surface area contributed by atoms with E-state index in [1.165, 1.54) is 6.26 Å². The van der Waals surface area contributed by atoms with Crippen LogP contribution in [0.15, 0.2) is 40.0 Å². The van der Waals surface area contributed by atoms with Crippen molar-refractivity contribution in [2.45, 2.75) is 19.3 Å². The quantitative estimate of drug-likeness (QED) is 0.286. The molecule has 1 aliphatic heterocycles. The van der Waals surface area contributed by atoms with Gasteiger partial charge in [-0.3, -0.25) is 9.89 Å². The molecule has 29 heavy (non-hydrogen) atoms. The maximum atomic E-state index is 13.2. The zero-order chi connectivity index (χ0) is 20.1. The summed E-state index contributed by atoms with van der Waals surface area (Å²) in [5, 5.41) is 6.85. The van der Waals surface area contributed by atoms with Crippen molar-refractivity contribution in [2.24, 2.45) is 4.99 Å². The summed E-state index contributed by atoms with van der Waals surface area (Å²) in [4.78, 5) is 8.36. The molecule has 1 N–H and O–H groups in total. The molecule has 1 aromatic heterocycles. The maximum Gasteiger partial charge on any atom is 0.416 e. The maximum absolute atomic E-state index is 13.2. The monoisotopic (exact) mass is 527 g/mol. The molecular formula is C18H22F4IN5O. The van der Waals surface area contributed by atoms with E-state index in [0.717, 1.165) is 30.9 Å². The van der Waals surface area contributed by atoms with Crippen LogP contribution >= 0.6 is 24.0 Å². The summed E-state index contributed by atoms with van der Waals surface area (Å²) in [6.07, 6.45) is -3.09. The van der Waals surface area contributed by atoms with Crippen LogP contribution in [-0.2, 0) is 19.3 Å². The molecule has 1 aromatic carbocycles. The summed E-state index contributed by atoms with van der Waals surface area (Å²) < 4.78 is 57.5. The first-order valence-electron chi connectivity index (χ1n) is 8.79. The van der Waals surface area contributed by atoms with Gasteiger partial charge in [0.05, 0.1) is 11.3 Å². The van der Waals surface area contributed by atoms with Gasteiger partial charge in [-0.25, -0.2) is 4.39 Å². The van der Waals surface area contributed by atoms with E-state index in [9.17, 15) is 17.6 Å². The predicted octanol–water partition coefficient (Wildman–Crippen LogP) is 3.34. The summed E-state index contributed by atoms with van der Waals surface area (Å²) in [7, 11) is 1.58. The fourth-order valence-electron chi connectivity index (χ4n) is 3.14. The summed E-state index contributed by atoms with van der Waals surface area (Å²) in [5.41, 5.74) is -0.153. The Bertz CT molecular complexity index is 805. The van der Waals surface area contributed by atoms with Crippen LogP contribution in [0.5, 0.6) is 0 Å². The zero-order valence-corrected chi connectivity index (χ0v) is 18.1. The fraction of sp³-hybridized carbons (Fsp3) is 0.444. The zero-order valence-electron chi connectivity index (χ0n) is 15.7. The predicted molar refractivity (Wildman–Crippen MR) is 110 cm³/mol. The van der Waals surface area contributed by atoms with Gasteiger partial charge in [0.1, 0.15) is 12.1 Å². The van der Waals surface area contributed by atoms with Crippen molar-refractivity contribution >= 4 is 29.9 Å². The number of benzene rings is 1. The highest BCUT2D eigenvalue weighted by molar-refractivity contribution is 14.0. The molecule has 0 aliphatic carbocycles. The van der Waals surface area contributed by atoms with Crippen molar-refractivity contribution in [3.05, 3.63) is 53.2 Å². The van der Waals surface area contributed by atoms with E-state index in [1.54, 1.807) is 7.05 Å². The normalized spacial score (nSPS) is 15.9. The number of piperazine rings is 1. The van der Waals surface area contributed by atoms with E-state index in [-0.39, 0.29) is 36.1 Å². The minimum absolute atomic E-state index is 0. The van der Waals surface area contributed by atoms with Gasteiger partial charge in [0.2, 0.25) is 0 Å². The molecule has 0 atom stereocenters. The van der Waals surface area contributed by atoms with Crippen LogP contribution in [0.25, 0.3) is 0 Å². The highest BCUT2D eigenvalue weighted by Crippen LogP contribution is 2.32. The van der Waals surface area contributed by atoms with Crippen molar-refractivity contribution in [3.8, 4) is 0 Å². The lowest BCUT2D eigenvalue weighted by Gasteiger charge is -2.36. The van der Waals surface area contributed by atoms with Gasteiger partial charge in [-0.15, -0.1) is 24.0 Å². The lowest BCUT2D eigenvalue weighted by atomic mass is 10.1. The van der Waals surface area contributed by atoms with Gasteiger partial charge >= 0.3 is 6.18 Å². The Morgan fingerprint density at radius 3 is 2.52 bits per heavy atom. The minimum Gasteiger partial charge on any atom is -0.364 e. The van der Waals surface area contributed by atoms with Gasteiger partial charge in [-0.2, -0.15) is 13.2 Å². The third kappa shape index (κ3) is 6.29. The Kier molecular flexibility index (Phi) is 8.25. The molecule has 1 fully saturated rings. The molecule has 6 nitrogen and oxygen atoms in total. The van der Waals surface area contributed by atoms with Crippen LogP contribution in [0.3, 0.4) is 0 Å². The smallest absolute Gasteiger partial charge is 0.364 e. The molecule has 2 heterocycles. The molecule has 0 spiro atoms. The molecule has 11 heteroatoms. The van der Waals surface area contributed by atoms with Crippen LogP contribution in [0, 0.1) is 5.82 Å². The molecule has 3 rings (SSSR count). The van der Waals surface area contributed by atoms with E-state index in [2.05, 4.69) is 20.4 Å². The Morgan fingerprint density at radius 2 is 1.93 bits per heavy atom. The Labute approximate surface area is 183 Å². The molecule has 0 unspecified atom stereocenters. The molecule has 0 bridgehead atoms. The molecular weight excluding hydrogens is 505 g/mol. The second kappa shape index (κ2) is 10.2. The number of hydrogen-bond acceptors (Lipinski definition) is 4. The van der Waals surface area contributed by atoms with Crippen molar-refractivity contribution in [3.63, 3.8) is 0 Å². The Balaban J connectivity index is 0.00000300. The van der Waals surface area contributed by atoms with Gasteiger partial charge in [-0.1, -0.05) is 11.2 Å². The highest BCUT2D eigenvalue weighted by atomic mass is 127. The van der Waals surface area contributed by atoms with Crippen LogP contribution in [0.4, 0.5) is 17.6 Å². The van der Waals surface area contributed by atoms with Gasteiger partial charge in [0.15, 0.2) is 5.96 Å². The summed E-state index contributed by atoms with van der Waals surface area (Å²) in [5.74, 6) is -0.401. The van der Waals surface area contributed by atoms with Gasteiger partial charge < -0.3 is 14.7 Å². The highest BCUT2D eigenvalue weighted by Gasteiger charge is 2.33. The number of halogens is 5. The van der Waals surface area contributed by atoms with Crippen molar-refractivity contribution in [2.75, 3.05) is 33.2 Å². The molecule has 0 amide bonds. The number of rotatable bonds is 4. The standard InChI is InChI=1S/C18H21F4N5O.HI/c1-23-17(24-11-13-2-3-14(19)10-16(13)18(20,21)22)27-7-5-26(6-8-27)12-15-4-9-28-25-15;/h2-4,9-10H,5-8,11-12H2,1H3,(H,23,24);1H. The third-order valence-corrected chi connectivity index (χ3v) is 4.57. The van der Waals surface area contributed by atoms with Crippen molar-refractivity contribution in [1.29, 1.82) is 0 Å². The summed E-state index contributed by atoms with van der Waals surface area (Å²) >= 11 is 0. The third-order valence-electron chi connectivity index (χ3n) is 4.57. The molecule has 0 saturated carbocycles. The van der Waals surface area contributed by atoms with Crippen LogP contribution in [0.2, 0.25) is 0 Å². The van der Waals surface area contributed by atoms with E-state index in [0.29, 0.717) is 31.7 Å². The Morgan fingerprint density at radius 1 is 1.21 bits per heavy atom.